The van der Waals surface area contributed by atoms with Crippen molar-refractivity contribution in [1.29, 1.82) is 0 Å². The van der Waals surface area contributed by atoms with Crippen LogP contribution in [0.2, 0.25) is 0 Å². The van der Waals surface area contributed by atoms with Crippen LogP contribution in [0.15, 0.2) is 40.8 Å². The molecule has 0 unspecified atom stereocenters. The van der Waals surface area contributed by atoms with Crippen molar-refractivity contribution < 1.29 is 4.42 Å². The van der Waals surface area contributed by atoms with Crippen LogP contribution < -0.4 is 0 Å². The quantitative estimate of drug-likeness (QED) is 0.500. The first-order chi connectivity index (χ1) is 6.45. The van der Waals surface area contributed by atoms with Gasteiger partial charge in [0.15, 0.2) is 0 Å². The monoisotopic (exact) mass is 166 g/mol. The molecule has 60 valence electrons. The molecule has 0 saturated heterocycles. The molecule has 0 radical (unpaired) electrons. The second-order valence-corrected chi connectivity index (χ2v) is 2.94. The molecule has 0 fully saturated rings. The van der Waals surface area contributed by atoms with Gasteiger partial charge in [0, 0.05) is 5.39 Å². The maximum atomic E-state index is 5.60. The lowest BCUT2D eigenvalue weighted by Gasteiger charge is -1.82. The fourth-order valence-corrected chi connectivity index (χ4v) is 1.54. The Bertz CT molecular complexity index is 513. The zero-order valence-electron chi connectivity index (χ0n) is 6.87. The second kappa shape index (κ2) is 2.27. The van der Waals surface area contributed by atoms with E-state index in [1.807, 2.05) is 36.4 Å². The lowest BCUT2D eigenvalue weighted by molar-refractivity contribution is 0.669. The van der Waals surface area contributed by atoms with Crippen LogP contribution in [0.5, 0.6) is 0 Å². The van der Waals surface area contributed by atoms with Crippen LogP contribution in [-0.2, 0) is 0 Å². The van der Waals surface area contributed by atoms with Crippen LogP contribution >= 0.6 is 0 Å². The average molecular weight is 166 g/mol. The van der Waals surface area contributed by atoms with Crippen LogP contribution in [0, 0.1) is 12.1 Å². The summed E-state index contributed by atoms with van der Waals surface area (Å²) in [6.45, 7) is 0. The van der Waals surface area contributed by atoms with Crippen LogP contribution in [0.3, 0.4) is 0 Å². The summed E-state index contributed by atoms with van der Waals surface area (Å²) in [5.41, 5.74) is 1.79. The minimum absolute atomic E-state index is 0.875. The summed E-state index contributed by atoms with van der Waals surface area (Å²) in [5.74, 6) is 0. The summed E-state index contributed by atoms with van der Waals surface area (Å²) in [6.07, 6.45) is 0. The van der Waals surface area contributed by atoms with Gasteiger partial charge in [-0.1, -0.05) is 24.3 Å². The highest BCUT2D eigenvalue weighted by Gasteiger charge is 2.03. The van der Waals surface area contributed by atoms with E-state index in [9.17, 15) is 0 Å². The van der Waals surface area contributed by atoms with E-state index in [0.717, 1.165) is 21.9 Å². The van der Waals surface area contributed by atoms with Gasteiger partial charge in [-0.2, -0.15) is 0 Å². The largest absolute Gasteiger partial charge is 0.455 e. The Morgan fingerprint density at radius 2 is 1.92 bits per heavy atom. The molecule has 0 saturated carbocycles. The molecule has 3 aromatic rings. The standard InChI is InChI=1S/C12H6O/c1-3-7-11-9(5-1)10-6-2-4-8-12(10)13-11/h1,3-5,7-8H. The minimum Gasteiger partial charge on any atom is -0.455 e. The first kappa shape index (κ1) is 6.56. The van der Waals surface area contributed by atoms with Gasteiger partial charge < -0.3 is 4.42 Å². The van der Waals surface area contributed by atoms with Crippen LogP contribution in [-0.4, -0.2) is 0 Å². The Hall–Kier alpha value is -1.94. The molecule has 0 N–H and O–H groups in total. The Morgan fingerprint density at radius 1 is 1.00 bits per heavy atom. The molecule has 0 aliphatic rings. The van der Waals surface area contributed by atoms with E-state index < -0.39 is 0 Å². The molecular formula is C12H6O. The first-order valence-corrected chi connectivity index (χ1v) is 4.15. The molecule has 1 heteroatoms. The van der Waals surface area contributed by atoms with E-state index in [2.05, 4.69) is 12.1 Å². The number of rotatable bonds is 0. The molecular weight excluding hydrogens is 160 g/mol. The average Bonchev–Trinajstić information content (AvgIpc) is 2.56. The fourth-order valence-electron chi connectivity index (χ4n) is 1.54. The maximum absolute atomic E-state index is 5.60. The summed E-state index contributed by atoms with van der Waals surface area (Å²) < 4.78 is 5.60. The minimum atomic E-state index is 0.875. The number of para-hydroxylation sites is 1. The molecule has 0 spiro atoms. The van der Waals surface area contributed by atoms with E-state index in [1.165, 1.54) is 0 Å². The Morgan fingerprint density at radius 3 is 2.92 bits per heavy atom. The molecule has 0 atom stereocenters. The lowest BCUT2D eigenvalue weighted by Crippen LogP contribution is -1.61. The number of fused-ring (bicyclic) bond motifs is 3. The van der Waals surface area contributed by atoms with Crippen molar-refractivity contribution in [3.05, 3.63) is 48.5 Å². The molecule has 1 aromatic heterocycles. The van der Waals surface area contributed by atoms with E-state index in [4.69, 9.17) is 4.42 Å². The molecule has 2 aromatic carbocycles. The number of furan rings is 1. The summed E-state index contributed by atoms with van der Waals surface area (Å²) in [4.78, 5) is 0. The van der Waals surface area contributed by atoms with Gasteiger partial charge >= 0.3 is 0 Å². The van der Waals surface area contributed by atoms with Gasteiger partial charge in [0.1, 0.15) is 11.2 Å². The SMILES string of the molecule is c1ccc2oc3ccccc3c2c#1. The maximum Gasteiger partial charge on any atom is 0.144 e. The number of hydrogen-bond acceptors (Lipinski definition) is 1. The van der Waals surface area contributed by atoms with Gasteiger partial charge in [-0.15, -0.1) is 0 Å². The molecule has 1 nitrogen and oxygen atoms in total. The van der Waals surface area contributed by atoms with Crippen LogP contribution in [0.4, 0.5) is 0 Å². The Balaban J connectivity index is 2.64. The van der Waals surface area contributed by atoms with Crippen molar-refractivity contribution in [3.8, 4) is 0 Å². The summed E-state index contributed by atoms with van der Waals surface area (Å²) in [6, 6.07) is 17.7. The molecule has 0 bridgehead atoms. The Kier molecular flexibility index (Phi) is 1.15. The smallest absolute Gasteiger partial charge is 0.144 e. The number of benzene rings is 1. The normalized spacial score (nSPS) is 10.5. The van der Waals surface area contributed by atoms with Crippen LogP contribution in [0.1, 0.15) is 0 Å². The fraction of sp³-hybridized carbons (Fsp3) is 0. The highest BCUT2D eigenvalue weighted by molar-refractivity contribution is 6.03. The molecule has 13 heavy (non-hydrogen) atoms. The van der Waals surface area contributed by atoms with Gasteiger partial charge in [0.2, 0.25) is 0 Å². The predicted octanol–water partition coefficient (Wildman–Crippen LogP) is 3.19. The van der Waals surface area contributed by atoms with E-state index >= 15 is 0 Å². The summed E-state index contributed by atoms with van der Waals surface area (Å²) >= 11 is 0. The van der Waals surface area contributed by atoms with E-state index in [-0.39, 0.29) is 0 Å². The summed E-state index contributed by atoms with van der Waals surface area (Å²) in [7, 11) is 0. The highest BCUT2D eigenvalue weighted by Crippen LogP contribution is 2.25. The number of hydrogen-bond donors (Lipinski definition) is 0. The molecule has 1 heterocycles. The lowest BCUT2D eigenvalue weighted by atomic mass is 10.2. The molecule has 3 rings (SSSR count). The van der Waals surface area contributed by atoms with Crippen molar-refractivity contribution in [3.63, 3.8) is 0 Å². The third kappa shape index (κ3) is 0.830. The molecule has 0 aliphatic heterocycles. The van der Waals surface area contributed by atoms with Gasteiger partial charge in [-0.3, -0.25) is 0 Å². The Labute approximate surface area is 75.6 Å². The van der Waals surface area contributed by atoms with Gasteiger partial charge in [0.05, 0.1) is 5.39 Å². The molecule has 0 aliphatic carbocycles. The zero-order valence-corrected chi connectivity index (χ0v) is 6.87. The summed E-state index contributed by atoms with van der Waals surface area (Å²) in [5, 5.41) is 2.12. The van der Waals surface area contributed by atoms with Crippen molar-refractivity contribution in [2.24, 2.45) is 0 Å². The van der Waals surface area contributed by atoms with E-state index in [0.29, 0.717) is 0 Å². The van der Waals surface area contributed by atoms with Gasteiger partial charge in [-0.25, -0.2) is 0 Å². The van der Waals surface area contributed by atoms with Crippen molar-refractivity contribution in [2.45, 2.75) is 0 Å². The zero-order chi connectivity index (χ0) is 8.67. The van der Waals surface area contributed by atoms with Gasteiger partial charge in [-0.05, 0) is 24.3 Å². The van der Waals surface area contributed by atoms with Crippen LogP contribution in [0.25, 0.3) is 21.9 Å². The third-order valence-electron chi connectivity index (χ3n) is 2.14. The topological polar surface area (TPSA) is 13.1 Å². The first-order valence-electron chi connectivity index (χ1n) is 4.15. The van der Waals surface area contributed by atoms with Crippen molar-refractivity contribution >= 4 is 21.9 Å². The van der Waals surface area contributed by atoms with Gasteiger partial charge in [0.25, 0.3) is 0 Å². The molecule has 0 amide bonds. The van der Waals surface area contributed by atoms with Crippen molar-refractivity contribution in [1.82, 2.24) is 0 Å². The van der Waals surface area contributed by atoms with E-state index in [1.54, 1.807) is 0 Å². The van der Waals surface area contributed by atoms with Crippen molar-refractivity contribution in [2.75, 3.05) is 0 Å². The highest BCUT2D eigenvalue weighted by atomic mass is 16.3. The second-order valence-electron chi connectivity index (χ2n) is 2.94. The predicted molar refractivity (Wildman–Crippen MR) is 51.4 cm³/mol. The third-order valence-corrected chi connectivity index (χ3v) is 2.14.